The molecular weight excluding hydrogens is 372 g/mol. The number of fused-ring (bicyclic) bond motifs is 2. The van der Waals surface area contributed by atoms with E-state index in [4.69, 9.17) is 35.3 Å². The van der Waals surface area contributed by atoms with Crippen molar-refractivity contribution in [1.29, 1.82) is 0 Å². The van der Waals surface area contributed by atoms with Crippen LogP contribution in [0.5, 0.6) is 23.0 Å². The maximum atomic E-state index is 11.5. The molecule has 2 aromatic carbocycles. The summed E-state index contributed by atoms with van der Waals surface area (Å²) in [5, 5.41) is 0.570. The molecule has 4 rings (SSSR count). The van der Waals surface area contributed by atoms with Crippen molar-refractivity contribution in [3.05, 3.63) is 46.5 Å². The molecule has 1 unspecified atom stereocenters. The van der Waals surface area contributed by atoms with Crippen molar-refractivity contribution in [2.45, 2.75) is 18.9 Å². The van der Waals surface area contributed by atoms with Gasteiger partial charge in [0.05, 0.1) is 20.1 Å². The highest BCUT2D eigenvalue weighted by Gasteiger charge is 2.27. The van der Waals surface area contributed by atoms with Crippen LogP contribution < -0.4 is 18.9 Å². The number of rotatable bonds is 5. The van der Waals surface area contributed by atoms with Crippen molar-refractivity contribution in [3.8, 4) is 23.0 Å². The van der Waals surface area contributed by atoms with Crippen LogP contribution in [0.4, 0.5) is 0 Å². The fourth-order valence-corrected chi connectivity index (χ4v) is 3.49. The molecule has 2 aliphatic rings. The van der Waals surface area contributed by atoms with E-state index in [2.05, 4.69) is 0 Å². The van der Waals surface area contributed by atoms with Crippen molar-refractivity contribution in [2.24, 2.45) is 0 Å². The number of esters is 1. The first-order valence-corrected chi connectivity index (χ1v) is 9.06. The highest BCUT2D eigenvalue weighted by atomic mass is 35.5. The Bertz CT molecular complexity index is 866. The zero-order valence-electron chi connectivity index (χ0n) is 14.8. The number of ether oxygens (including phenoxy) is 5. The number of hydrogen-bond donors (Lipinski definition) is 0. The second-order valence-electron chi connectivity index (χ2n) is 6.37. The second kappa shape index (κ2) is 7.56. The van der Waals surface area contributed by atoms with Crippen molar-refractivity contribution >= 4 is 17.6 Å². The molecule has 0 saturated carbocycles. The maximum absolute atomic E-state index is 11.5. The zero-order chi connectivity index (χ0) is 18.8. The Morgan fingerprint density at radius 1 is 1.15 bits per heavy atom. The topological polar surface area (TPSA) is 63.2 Å². The number of methoxy groups -OCH3 is 1. The summed E-state index contributed by atoms with van der Waals surface area (Å²) >= 11 is 6.16. The van der Waals surface area contributed by atoms with E-state index in [1.807, 2.05) is 24.3 Å². The zero-order valence-corrected chi connectivity index (χ0v) is 15.6. The van der Waals surface area contributed by atoms with Crippen molar-refractivity contribution in [1.82, 2.24) is 0 Å². The van der Waals surface area contributed by atoms with Crippen LogP contribution in [-0.4, -0.2) is 32.9 Å². The van der Waals surface area contributed by atoms with Gasteiger partial charge >= 0.3 is 5.97 Å². The number of hydrogen-bond acceptors (Lipinski definition) is 6. The smallest absolute Gasteiger partial charge is 0.306 e. The monoisotopic (exact) mass is 390 g/mol. The molecule has 2 aliphatic heterocycles. The SMILES string of the molecule is COC(=O)CC1COc2cc(OCc3cc(Cl)cc4c3OCCO4)ccc21. The third-order valence-electron chi connectivity index (χ3n) is 4.58. The number of benzene rings is 2. The van der Waals surface area contributed by atoms with Gasteiger partial charge in [0.25, 0.3) is 0 Å². The molecule has 0 radical (unpaired) electrons. The molecule has 0 aromatic heterocycles. The molecule has 142 valence electrons. The quantitative estimate of drug-likeness (QED) is 0.725. The van der Waals surface area contributed by atoms with Gasteiger partial charge in [0.2, 0.25) is 0 Å². The fourth-order valence-electron chi connectivity index (χ4n) is 3.26. The summed E-state index contributed by atoms with van der Waals surface area (Å²) in [6.45, 7) is 1.75. The molecule has 1 atom stereocenters. The molecule has 0 amide bonds. The van der Waals surface area contributed by atoms with Crippen LogP contribution in [0.25, 0.3) is 0 Å². The van der Waals surface area contributed by atoms with Gasteiger partial charge in [-0.15, -0.1) is 0 Å². The third kappa shape index (κ3) is 3.76. The van der Waals surface area contributed by atoms with Gasteiger partial charge in [0.1, 0.15) is 31.3 Å². The molecule has 0 saturated heterocycles. The van der Waals surface area contributed by atoms with Crippen molar-refractivity contribution in [3.63, 3.8) is 0 Å². The van der Waals surface area contributed by atoms with Gasteiger partial charge < -0.3 is 23.7 Å². The predicted molar refractivity (Wildman–Crippen MR) is 98.1 cm³/mol. The van der Waals surface area contributed by atoms with Crippen LogP contribution in [-0.2, 0) is 16.1 Å². The van der Waals surface area contributed by atoms with Crippen LogP contribution in [0, 0.1) is 0 Å². The van der Waals surface area contributed by atoms with Crippen molar-refractivity contribution in [2.75, 3.05) is 26.9 Å². The highest BCUT2D eigenvalue weighted by molar-refractivity contribution is 6.30. The Morgan fingerprint density at radius 3 is 2.85 bits per heavy atom. The summed E-state index contributed by atoms with van der Waals surface area (Å²) in [5.74, 6) is 2.46. The minimum absolute atomic E-state index is 0.00648. The van der Waals surface area contributed by atoms with Gasteiger partial charge in [0, 0.05) is 34.2 Å². The minimum Gasteiger partial charge on any atom is -0.492 e. The molecule has 0 bridgehead atoms. The van der Waals surface area contributed by atoms with Crippen molar-refractivity contribution < 1.29 is 28.5 Å². The Balaban J connectivity index is 1.48. The van der Waals surface area contributed by atoms with E-state index < -0.39 is 0 Å². The van der Waals surface area contributed by atoms with Gasteiger partial charge in [0.15, 0.2) is 11.5 Å². The van der Waals surface area contributed by atoms with Gasteiger partial charge in [-0.1, -0.05) is 17.7 Å². The molecule has 6 nitrogen and oxygen atoms in total. The average Bonchev–Trinajstić information content (AvgIpc) is 3.07. The van der Waals surface area contributed by atoms with E-state index in [9.17, 15) is 4.79 Å². The lowest BCUT2D eigenvalue weighted by Gasteiger charge is -2.21. The van der Waals surface area contributed by atoms with E-state index in [1.54, 1.807) is 6.07 Å². The van der Waals surface area contributed by atoms with Crippen LogP contribution in [0.3, 0.4) is 0 Å². The Morgan fingerprint density at radius 2 is 2.00 bits per heavy atom. The first kappa shape index (κ1) is 17.8. The summed E-state index contributed by atoms with van der Waals surface area (Å²) in [7, 11) is 1.39. The molecule has 2 heterocycles. The summed E-state index contributed by atoms with van der Waals surface area (Å²) < 4.78 is 27.6. The fraction of sp³-hybridized carbons (Fsp3) is 0.350. The molecule has 0 fully saturated rings. The highest BCUT2D eigenvalue weighted by Crippen LogP contribution is 2.40. The molecule has 27 heavy (non-hydrogen) atoms. The lowest BCUT2D eigenvalue weighted by Crippen LogP contribution is -2.17. The normalized spacial score (nSPS) is 17.0. The van der Waals surface area contributed by atoms with Gasteiger partial charge in [-0.05, 0) is 12.1 Å². The van der Waals surface area contributed by atoms with E-state index in [0.717, 1.165) is 16.9 Å². The first-order chi connectivity index (χ1) is 13.1. The summed E-state index contributed by atoms with van der Waals surface area (Å²) in [5.41, 5.74) is 1.81. The van der Waals surface area contributed by atoms with Crippen LogP contribution >= 0.6 is 11.6 Å². The van der Waals surface area contributed by atoms with Gasteiger partial charge in [-0.2, -0.15) is 0 Å². The lowest BCUT2D eigenvalue weighted by atomic mass is 9.98. The minimum atomic E-state index is -0.246. The largest absolute Gasteiger partial charge is 0.492 e. The summed E-state index contributed by atoms with van der Waals surface area (Å²) in [4.78, 5) is 11.5. The lowest BCUT2D eigenvalue weighted by molar-refractivity contribution is -0.141. The molecule has 7 heteroatoms. The number of carbonyl (C=O) groups excluding carboxylic acids is 1. The number of carbonyl (C=O) groups is 1. The van der Waals surface area contributed by atoms with Crippen LogP contribution in [0.15, 0.2) is 30.3 Å². The predicted octanol–water partition coefficient (Wildman–Crippen LogP) is 3.73. The van der Waals surface area contributed by atoms with E-state index in [1.165, 1.54) is 7.11 Å². The Hall–Kier alpha value is -2.60. The number of halogens is 1. The van der Waals surface area contributed by atoms with Gasteiger partial charge in [-0.25, -0.2) is 0 Å². The van der Waals surface area contributed by atoms with E-state index in [-0.39, 0.29) is 18.5 Å². The second-order valence-corrected chi connectivity index (χ2v) is 6.80. The Kier molecular flexibility index (Phi) is 4.99. The Labute approximate surface area is 161 Å². The maximum Gasteiger partial charge on any atom is 0.306 e. The average molecular weight is 391 g/mol. The standard InChI is InChI=1S/C20H19ClO6/c1-23-19(22)7-12-10-27-17-9-15(2-3-16(12)17)26-11-13-6-14(21)8-18-20(13)25-5-4-24-18/h2-3,6,8-9,12H,4-5,7,10-11H2,1H3. The molecule has 0 N–H and O–H groups in total. The van der Waals surface area contributed by atoms with E-state index in [0.29, 0.717) is 48.5 Å². The summed E-state index contributed by atoms with van der Waals surface area (Å²) in [6, 6.07) is 9.18. The molecule has 0 aliphatic carbocycles. The van der Waals surface area contributed by atoms with Crippen LogP contribution in [0.1, 0.15) is 23.5 Å². The first-order valence-electron chi connectivity index (χ1n) is 8.68. The molecule has 2 aromatic rings. The molecule has 0 spiro atoms. The van der Waals surface area contributed by atoms with Crippen LogP contribution in [0.2, 0.25) is 5.02 Å². The van der Waals surface area contributed by atoms with Gasteiger partial charge in [-0.3, -0.25) is 4.79 Å². The third-order valence-corrected chi connectivity index (χ3v) is 4.80. The summed E-state index contributed by atoms with van der Waals surface area (Å²) in [6.07, 6.45) is 0.301. The van der Waals surface area contributed by atoms with E-state index >= 15 is 0 Å². The molecular formula is C20H19ClO6.